The Morgan fingerprint density at radius 2 is 0.977 bits per heavy atom. The first kappa shape index (κ1) is 34.5. The maximum absolute atomic E-state index is 2.49. The number of fused-ring (bicyclic) bond motifs is 2. The Labute approximate surface area is 279 Å². The number of aryl methyl sites for hydroxylation is 2. The van der Waals surface area contributed by atoms with Gasteiger partial charge < -0.3 is 14.9 Å². The molecule has 0 radical (unpaired) electrons. The molecule has 218 valence electrons. The van der Waals surface area contributed by atoms with Gasteiger partial charge in [0.05, 0.1) is 0 Å². The van der Waals surface area contributed by atoms with Crippen LogP contribution in [0.25, 0.3) is 43.8 Å². The monoisotopic (exact) mass is 730 g/mol. The second kappa shape index (κ2) is 14.2. The number of hydrogen-bond acceptors (Lipinski definition) is 0. The average molecular weight is 729 g/mol. The van der Waals surface area contributed by atoms with Gasteiger partial charge in [-0.3, -0.25) is 0 Å². The molecule has 0 bridgehead atoms. The minimum absolute atomic E-state index is 0. The zero-order valence-corrected chi connectivity index (χ0v) is 30.7. The van der Waals surface area contributed by atoms with Gasteiger partial charge in [0.2, 0.25) is 0 Å². The second-order valence-corrected chi connectivity index (χ2v) is 12.1. The first-order valence-electron chi connectivity index (χ1n) is 15.0. The van der Waals surface area contributed by atoms with Gasteiger partial charge in [-0.15, -0.1) is 69.1 Å². The molecule has 0 atom stereocenters. The first-order valence-corrected chi connectivity index (χ1v) is 15.0. The Morgan fingerprint density at radius 1 is 0.581 bits per heavy atom. The minimum atomic E-state index is -0.0880. The smallest absolute Gasteiger partial charge is 0.358 e. The summed E-state index contributed by atoms with van der Waals surface area (Å²) in [4.78, 5) is 0. The molecule has 0 aliphatic heterocycles. The molecule has 0 amide bonds. The maximum atomic E-state index is 2.49. The van der Waals surface area contributed by atoms with E-state index in [2.05, 4.69) is 144 Å². The molecule has 6 aromatic rings. The summed E-state index contributed by atoms with van der Waals surface area (Å²) in [5.41, 5.74) is 11.0. The van der Waals surface area contributed by atoms with Crippen molar-refractivity contribution in [3.05, 3.63) is 146 Å². The molecule has 0 nitrogen and oxygen atoms in total. The molecular weight excluding hydrogens is 683 g/mol. The minimum Gasteiger partial charge on any atom is -0.358 e. The van der Waals surface area contributed by atoms with E-state index in [0.717, 1.165) is 19.3 Å². The Hall–Kier alpha value is -3.03. The molecule has 1 heteroatoms. The molecule has 6 rings (SSSR count). The fraction of sp³-hybridized carbons (Fsp3) is 0.238. The quantitative estimate of drug-likeness (QED) is 0.108. The Kier molecular flexibility index (Phi) is 11.4. The number of benzene rings is 4. The van der Waals surface area contributed by atoms with Crippen LogP contribution in [0.15, 0.2) is 109 Å². The largest absolute Gasteiger partial charge is 4.00 e. The van der Waals surface area contributed by atoms with E-state index in [1.54, 1.807) is 0 Å². The van der Waals surface area contributed by atoms with Crippen LogP contribution in [0.2, 0.25) is 0 Å². The normalized spacial score (nSPS) is 11.3. The molecule has 0 aromatic heterocycles. The van der Waals surface area contributed by atoms with Gasteiger partial charge >= 0.3 is 25.8 Å². The van der Waals surface area contributed by atoms with Gasteiger partial charge in [-0.1, -0.05) is 106 Å². The van der Waals surface area contributed by atoms with Crippen molar-refractivity contribution in [1.29, 1.82) is 0 Å². The molecule has 6 aromatic carbocycles. The summed E-state index contributed by atoms with van der Waals surface area (Å²) in [6.07, 6.45) is 3.17. The molecule has 0 unspecified atom stereocenters. The molecule has 0 saturated heterocycles. The Bertz CT molecular complexity index is 1670. The fourth-order valence-electron chi connectivity index (χ4n) is 6.98. The fourth-order valence-corrected chi connectivity index (χ4v) is 6.98. The van der Waals surface area contributed by atoms with Gasteiger partial charge in [-0.2, -0.15) is 12.1 Å². The van der Waals surface area contributed by atoms with Gasteiger partial charge in [0.15, 0.2) is 0 Å². The van der Waals surface area contributed by atoms with E-state index in [9.17, 15) is 0 Å². The van der Waals surface area contributed by atoms with Gasteiger partial charge in [-0.25, -0.2) is 0 Å². The van der Waals surface area contributed by atoms with E-state index >= 15 is 0 Å². The van der Waals surface area contributed by atoms with Gasteiger partial charge in [0.25, 0.3) is 0 Å². The van der Waals surface area contributed by atoms with Crippen LogP contribution >= 0.6 is 0 Å². The van der Waals surface area contributed by atoms with Crippen molar-refractivity contribution < 1.29 is 25.8 Å². The summed E-state index contributed by atoms with van der Waals surface area (Å²) in [6.45, 7) is 11.7. The third-order valence-corrected chi connectivity index (χ3v) is 8.97. The summed E-state index contributed by atoms with van der Waals surface area (Å²) in [6, 6.07) is 41.3. The van der Waals surface area contributed by atoms with E-state index in [1.807, 2.05) is 0 Å². The van der Waals surface area contributed by atoms with Crippen LogP contribution in [0.1, 0.15) is 63.3 Å². The van der Waals surface area contributed by atoms with Crippen molar-refractivity contribution in [1.82, 2.24) is 0 Å². The molecule has 0 aliphatic rings. The molecule has 0 saturated carbocycles. The maximum Gasteiger partial charge on any atom is 4.00 e. The van der Waals surface area contributed by atoms with Crippen molar-refractivity contribution in [3.8, 4) is 22.3 Å². The summed E-state index contributed by atoms with van der Waals surface area (Å²) < 4.78 is 0. The van der Waals surface area contributed by atoms with Crippen LogP contribution in [0, 0.1) is 20.8 Å². The van der Waals surface area contributed by atoms with Crippen LogP contribution in [0.3, 0.4) is 0 Å². The van der Waals surface area contributed by atoms with Crippen molar-refractivity contribution in [2.45, 2.75) is 59.3 Å². The third-order valence-electron chi connectivity index (χ3n) is 8.97. The van der Waals surface area contributed by atoms with Crippen LogP contribution in [-0.4, -0.2) is 0 Å². The van der Waals surface area contributed by atoms with Crippen LogP contribution in [0.5, 0.6) is 0 Å². The second-order valence-electron chi connectivity index (χ2n) is 12.1. The van der Waals surface area contributed by atoms with E-state index in [-0.39, 0.29) is 46.1 Å². The molecular formula is C42H46Hf. The van der Waals surface area contributed by atoms with E-state index < -0.39 is 0 Å². The van der Waals surface area contributed by atoms with Gasteiger partial charge in [0, 0.05) is 0 Å². The van der Waals surface area contributed by atoms with E-state index in [4.69, 9.17) is 0 Å². The Balaban J connectivity index is 0.00000169. The number of hydrogen-bond donors (Lipinski definition) is 0. The van der Waals surface area contributed by atoms with Crippen molar-refractivity contribution >= 4 is 21.5 Å². The molecule has 0 spiro atoms. The molecule has 0 aliphatic carbocycles. The SMILES string of the molecule is CCc1ccccc1-c1cccc2[cH-]c(C(C)(CC(C)C)c3cc4c(-c5ccccc5CC)cccc4[cH-]3)cc12.[CH3-].[CH3-].[Hf+4]. The Morgan fingerprint density at radius 3 is 1.37 bits per heavy atom. The third kappa shape index (κ3) is 6.30. The summed E-state index contributed by atoms with van der Waals surface area (Å²) in [7, 11) is 0. The summed E-state index contributed by atoms with van der Waals surface area (Å²) >= 11 is 0. The van der Waals surface area contributed by atoms with Gasteiger partial charge in [0.1, 0.15) is 0 Å². The predicted octanol–water partition coefficient (Wildman–Crippen LogP) is 12.1. The molecule has 0 N–H and O–H groups in total. The summed E-state index contributed by atoms with van der Waals surface area (Å²) in [5, 5.41) is 5.40. The van der Waals surface area contributed by atoms with Crippen molar-refractivity contribution in [2.75, 3.05) is 0 Å². The molecule has 0 heterocycles. The van der Waals surface area contributed by atoms with E-state index in [0.29, 0.717) is 5.92 Å². The topological polar surface area (TPSA) is 0 Å². The zero-order chi connectivity index (χ0) is 27.9. The van der Waals surface area contributed by atoms with E-state index in [1.165, 1.54) is 66.1 Å². The zero-order valence-electron chi connectivity index (χ0n) is 27.1. The average Bonchev–Trinajstić information content (AvgIpc) is 3.62. The van der Waals surface area contributed by atoms with Gasteiger partial charge in [-0.05, 0) is 52.8 Å². The molecule has 43 heavy (non-hydrogen) atoms. The van der Waals surface area contributed by atoms with Crippen LogP contribution < -0.4 is 0 Å². The van der Waals surface area contributed by atoms with Crippen molar-refractivity contribution in [3.63, 3.8) is 0 Å². The predicted molar refractivity (Wildman–Crippen MR) is 187 cm³/mol. The van der Waals surface area contributed by atoms with Crippen molar-refractivity contribution in [2.24, 2.45) is 5.92 Å². The number of rotatable bonds is 8. The summed E-state index contributed by atoms with van der Waals surface area (Å²) in [5.74, 6) is 0.571. The van der Waals surface area contributed by atoms with Crippen LogP contribution in [0.4, 0.5) is 0 Å². The molecule has 0 fully saturated rings. The van der Waals surface area contributed by atoms with Crippen LogP contribution in [-0.2, 0) is 44.1 Å². The standard InChI is InChI=1S/C40H40.2CH3.Hf/c1-6-28-14-8-10-18-34(28)36-20-12-16-30-22-32(24-38(30)36)40(5,26-27(3)4)33-23-31-17-13-21-37(39(31)25-33)35-19-11-9-15-29(35)7-2;;;/h8-25,27H,6-7,26H2,1-5H3;2*1H3;/q-2;2*-1;+4. The first-order chi connectivity index (χ1) is 19.4.